The summed E-state index contributed by atoms with van der Waals surface area (Å²) in [7, 11) is 3.52. The maximum Gasteiger partial charge on any atom is 0.253 e. The highest BCUT2D eigenvalue weighted by atomic mass is 127. The first-order valence-electron chi connectivity index (χ1n) is 10.2. The second-order valence-electron chi connectivity index (χ2n) is 6.99. The van der Waals surface area contributed by atoms with E-state index in [-0.39, 0.29) is 35.7 Å². The van der Waals surface area contributed by atoms with E-state index in [4.69, 9.17) is 0 Å². The van der Waals surface area contributed by atoms with Gasteiger partial charge in [0, 0.05) is 44.2 Å². The molecule has 2 aromatic carbocycles. The molecule has 0 radical (unpaired) electrons. The van der Waals surface area contributed by atoms with E-state index in [1.807, 2.05) is 31.2 Å². The van der Waals surface area contributed by atoms with Crippen LogP contribution in [0.2, 0.25) is 0 Å². The predicted octanol–water partition coefficient (Wildman–Crippen LogP) is 4.43. The highest BCUT2D eigenvalue weighted by Crippen LogP contribution is 2.18. The van der Waals surface area contributed by atoms with Gasteiger partial charge in [-0.1, -0.05) is 12.1 Å². The van der Waals surface area contributed by atoms with Crippen molar-refractivity contribution in [3.63, 3.8) is 0 Å². The highest BCUT2D eigenvalue weighted by Gasteiger charge is 2.08. The number of aliphatic imine (C=N–C) groups is 1. The van der Waals surface area contributed by atoms with Crippen molar-refractivity contribution in [3.05, 3.63) is 65.5 Å². The van der Waals surface area contributed by atoms with Gasteiger partial charge in [-0.15, -0.1) is 35.7 Å². The third kappa shape index (κ3) is 10.4. The molecule has 0 aromatic heterocycles. The first kappa shape index (κ1) is 27.2. The van der Waals surface area contributed by atoms with Crippen molar-refractivity contribution in [1.29, 1.82) is 0 Å². The lowest BCUT2D eigenvalue weighted by Crippen LogP contribution is -2.38. The number of benzene rings is 2. The number of carbonyl (C=O) groups excluding carboxylic acids is 1. The van der Waals surface area contributed by atoms with Crippen molar-refractivity contribution < 1.29 is 9.18 Å². The number of hydrogen-bond acceptors (Lipinski definition) is 3. The van der Waals surface area contributed by atoms with Crippen LogP contribution < -0.4 is 10.6 Å². The van der Waals surface area contributed by atoms with Crippen LogP contribution in [0.5, 0.6) is 0 Å². The topological polar surface area (TPSA) is 56.7 Å². The lowest BCUT2D eigenvalue weighted by Gasteiger charge is -2.13. The Hall–Kier alpha value is -1.81. The van der Waals surface area contributed by atoms with Crippen LogP contribution in [0.1, 0.15) is 29.3 Å². The minimum absolute atomic E-state index is 0. The Morgan fingerprint density at radius 3 is 2.55 bits per heavy atom. The molecule has 0 aliphatic carbocycles. The van der Waals surface area contributed by atoms with Crippen LogP contribution in [0.4, 0.5) is 4.39 Å². The number of nitrogens with zero attached hydrogens (tertiary/aromatic N) is 2. The summed E-state index contributed by atoms with van der Waals surface area (Å²) in [6.45, 7) is 4.28. The zero-order chi connectivity index (χ0) is 21.8. The minimum atomic E-state index is -0.207. The van der Waals surface area contributed by atoms with Crippen molar-refractivity contribution in [2.24, 2.45) is 4.99 Å². The average Bonchev–Trinajstić information content (AvgIpc) is 2.74. The molecule has 0 saturated heterocycles. The first-order valence-corrected chi connectivity index (χ1v) is 11.2. The minimum Gasteiger partial charge on any atom is -0.357 e. The van der Waals surface area contributed by atoms with Crippen molar-refractivity contribution in [2.45, 2.75) is 24.7 Å². The van der Waals surface area contributed by atoms with Gasteiger partial charge >= 0.3 is 0 Å². The molecular formula is C23H32FIN4OS. The van der Waals surface area contributed by atoms with E-state index in [2.05, 4.69) is 15.6 Å². The maximum atomic E-state index is 12.9. The SMILES string of the molecule is CCNC(=NCCCSc1ccc(F)cc1)NCCc1cccc(C(=O)N(C)C)c1.I. The molecule has 0 unspecified atom stereocenters. The quantitative estimate of drug-likeness (QED) is 0.149. The summed E-state index contributed by atoms with van der Waals surface area (Å²) in [5.74, 6) is 1.53. The Labute approximate surface area is 206 Å². The summed E-state index contributed by atoms with van der Waals surface area (Å²) in [4.78, 5) is 19.4. The highest BCUT2D eigenvalue weighted by molar-refractivity contribution is 14.0. The lowest BCUT2D eigenvalue weighted by atomic mass is 10.1. The van der Waals surface area contributed by atoms with E-state index in [1.54, 1.807) is 42.9 Å². The molecule has 0 heterocycles. The van der Waals surface area contributed by atoms with E-state index in [0.29, 0.717) is 5.56 Å². The standard InChI is InChI=1S/C23H31FN4OS.HI/c1-4-25-23(26-14-6-16-30-21-11-9-20(24)10-12-21)27-15-13-18-7-5-8-19(17-18)22(29)28(2)3;/h5,7-12,17H,4,6,13-16H2,1-3H3,(H2,25,26,27);1H. The third-order valence-electron chi connectivity index (χ3n) is 4.29. The van der Waals surface area contributed by atoms with Crippen LogP contribution in [0.3, 0.4) is 0 Å². The summed E-state index contributed by atoms with van der Waals surface area (Å²) >= 11 is 1.71. The molecule has 0 aliphatic rings. The summed E-state index contributed by atoms with van der Waals surface area (Å²) < 4.78 is 12.9. The first-order chi connectivity index (χ1) is 14.5. The zero-order valence-corrected chi connectivity index (χ0v) is 21.5. The van der Waals surface area contributed by atoms with Gasteiger partial charge < -0.3 is 15.5 Å². The summed E-state index contributed by atoms with van der Waals surface area (Å²) in [6, 6.07) is 14.3. The fraction of sp³-hybridized carbons (Fsp3) is 0.391. The summed E-state index contributed by atoms with van der Waals surface area (Å²) in [5.41, 5.74) is 1.82. The molecular weight excluding hydrogens is 526 g/mol. The molecule has 0 aliphatic heterocycles. The molecule has 2 rings (SSSR count). The van der Waals surface area contributed by atoms with Crippen molar-refractivity contribution in [2.75, 3.05) is 39.5 Å². The van der Waals surface area contributed by atoms with Crippen LogP contribution in [-0.4, -0.2) is 56.2 Å². The van der Waals surface area contributed by atoms with E-state index < -0.39 is 0 Å². The Bertz CT molecular complexity index is 831. The number of nitrogens with one attached hydrogen (secondary N) is 2. The number of guanidine groups is 1. The molecule has 0 bridgehead atoms. The second-order valence-corrected chi connectivity index (χ2v) is 8.16. The van der Waals surface area contributed by atoms with Crippen LogP contribution in [0, 0.1) is 5.82 Å². The van der Waals surface area contributed by atoms with Crippen LogP contribution in [0.15, 0.2) is 58.4 Å². The van der Waals surface area contributed by atoms with E-state index in [0.717, 1.165) is 54.6 Å². The molecule has 8 heteroatoms. The van der Waals surface area contributed by atoms with Gasteiger partial charge in [0.2, 0.25) is 0 Å². The van der Waals surface area contributed by atoms with E-state index in [1.165, 1.54) is 12.1 Å². The normalized spacial score (nSPS) is 10.9. The van der Waals surface area contributed by atoms with Gasteiger partial charge in [-0.2, -0.15) is 0 Å². The number of halogens is 2. The Kier molecular flexibility index (Phi) is 13.2. The number of rotatable bonds is 10. The molecule has 1 amide bonds. The fourth-order valence-electron chi connectivity index (χ4n) is 2.76. The largest absolute Gasteiger partial charge is 0.357 e. The van der Waals surface area contributed by atoms with Gasteiger partial charge in [0.25, 0.3) is 5.91 Å². The van der Waals surface area contributed by atoms with Gasteiger partial charge in [0.15, 0.2) is 5.96 Å². The van der Waals surface area contributed by atoms with Crippen molar-refractivity contribution in [3.8, 4) is 0 Å². The zero-order valence-electron chi connectivity index (χ0n) is 18.4. The van der Waals surface area contributed by atoms with E-state index >= 15 is 0 Å². The molecule has 5 nitrogen and oxygen atoms in total. The van der Waals surface area contributed by atoms with Gasteiger partial charge in [0.05, 0.1) is 0 Å². The molecule has 31 heavy (non-hydrogen) atoms. The predicted molar refractivity (Wildman–Crippen MR) is 139 cm³/mol. The number of amides is 1. The van der Waals surface area contributed by atoms with Gasteiger partial charge in [-0.25, -0.2) is 4.39 Å². The van der Waals surface area contributed by atoms with Crippen LogP contribution >= 0.6 is 35.7 Å². The van der Waals surface area contributed by atoms with Gasteiger partial charge in [-0.05, 0) is 67.5 Å². The van der Waals surface area contributed by atoms with Crippen LogP contribution in [0.25, 0.3) is 0 Å². The average molecular weight is 559 g/mol. The fourth-order valence-corrected chi connectivity index (χ4v) is 3.60. The number of hydrogen-bond donors (Lipinski definition) is 2. The molecule has 0 fully saturated rings. The Balaban J connectivity index is 0.00000480. The van der Waals surface area contributed by atoms with Crippen molar-refractivity contribution in [1.82, 2.24) is 15.5 Å². The Morgan fingerprint density at radius 2 is 1.87 bits per heavy atom. The molecule has 2 N–H and O–H groups in total. The smallest absolute Gasteiger partial charge is 0.253 e. The lowest BCUT2D eigenvalue weighted by molar-refractivity contribution is 0.0827. The Morgan fingerprint density at radius 1 is 1.13 bits per heavy atom. The molecule has 170 valence electrons. The van der Waals surface area contributed by atoms with E-state index in [9.17, 15) is 9.18 Å². The van der Waals surface area contributed by atoms with Gasteiger partial charge in [0.1, 0.15) is 5.82 Å². The van der Waals surface area contributed by atoms with Gasteiger partial charge in [-0.3, -0.25) is 9.79 Å². The second kappa shape index (κ2) is 15.1. The summed E-state index contributed by atoms with van der Waals surface area (Å²) in [5, 5.41) is 6.61. The van der Waals surface area contributed by atoms with Crippen molar-refractivity contribution >= 4 is 47.6 Å². The summed E-state index contributed by atoms with van der Waals surface area (Å²) in [6.07, 6.45) is 1.74. The molecule has 0 saturated carbocycles. The monoisotopic (exact) mass is 558 g/mol. The number of thioether (sulfide) groups is 1. The molecule has 0 atom stereocenters. The molecule has 0 spiro atoms. The molecule has 2 aromatic rings. The van der Waals surface area contributed by atoms with Crippen LogP contribution in [-0.2, 0) is 6.42 Å². The third-order valence-corrected chi connectivity index (χ3v) is 5.38. The maximum absolute atomic E-state index is 12.9. The number of carbonyl (C=O) groups is 1.